The molecule has 1 aromatic carbocycles. The van der Waals surface area contributed by atoms with E-state index in [0.717, 1.165) is 37.1 Å². The van der Waals surface area contributed by atoms with Gasteiger partial charge in [-0.25, -0.2) is 0 Å². The van der Waals surface area contributed by atoms with E-state index in [2.05, 4.69) is 6.07 Å². The average molecular weight is 259 g/mol. The van der Waals surface area contributed by atoms with Crippen molar-refractivity contribution >= 4 is 12.4 Å². The van der Waals surface area contributed by atoms with Crippen LogP contribution in [-0.2, 0) is 0 Å². The van der Waals surface area contributed by atoms with Gasteiger partial charge in [0.2, 0.25) is 0 Å². The molecular weight excluding hydrogens is 236 g/mol. The Morgan fingerprint density at radius 3 is 2.53 bits per heavy atom. The standard InChI is InChI=1S/C13H22N2O.ClH/c1-10-9-11(6-7-13(10)16-2)12(15)5-3-4-8-14;/h6-7,9,12H,3-5,8,14-15H2,1-2H3;1H/t12-;/m0./s1. The molecule has 4 heteroatoms. The molecule has 1 rings (SSSR count). The van der Waals surface area contributed by atoms with Gasteiger partial charge in [-0.1, -0.05) is 18.6 Å². The smallest absolute Gasteiger partial charge is 0.121 e. The minimum absolute atomic E-state index is 0. The summed E-state index contributed by atoms with van der Waals surface area (Å²) in [7, 11) is 1.68. The monoisotopic (exact) mass is 258 g/mol. The van der Waals surface area contributed by atoms with Crippen LogP contribution in [0.1, 0.15) is 36.4 Å². The molecule has 0 unspecified atom stereocenters. The van der Waals surface area contributed by atoms with Gasteiger partial charge in [0.1, 0.15) is 5.75 Å². The summed E-state index contributed by atoms with van der Waals surface area (Å²) in [6.07, 6.45) is 3.12. The van der Waals surface area contributed by atoms with Crippen LogP contribution < -0.4 is 16.2 Å². The van der Waals surface area contributed by atoms with Crippen molar-refractivity contribution in [3.63, 3.8) is 0 Å². The fraction of sp³-hybridized carbons (Fsp3) is 0.538. The SMILES string of the molecule is COc1ccc([C@@H](N)CCCCN)cc1C.Cl. The fourth-order valence-corrected chi connectivity index (χ4v) is 1.81. The van der Waals surface area contributed by atoms with Crippen LogP contribution in [0.2, 0.25) is 0 Å². The van der Waals surface area contributed by atoms with Crippen molar-refractivity contribution < 1.29 is 4.74 Å². The van der Waals surface area contributed by atoms with E-state index < -0.39 is 0 Å². The van der Waals surface area contributed by atoms with Gasteiger partial charge in [0.05, 0.1) is 7.11 Å². The predicted octanol–water partition coefficient (Wildman–Crippen LogP) is 2.55. The van der Waals surface area contributed by atoms with E-state index in [1.54, 1.807) is 7.11 Å². The molecular formula is C13H23ClN2O. The lowest BCUT2D eigenvalue weighted by Gasteiger charge is -2.14. The fourth-order valence-electron chi connectivity index (χ4n) is 1.81. The zero-order valence-electron chi connectivity index (χ0n) is 10.6. The molecule has 1 atom stereocenters. The Labute approximate surface area is 110 Å². The Bertz CT molecular complexity index is 331. The molecule has 98 valence electrons. The molecule has 0 aromatic heterocycles. The maximum absolute atomic E-state index is 6.11. The Hall–Kier alpha value is -0.770. The molecule has 0 radical (unpaired) electrons. The minimum atomic E-state index is 0. The lowest BCUT2D eigenvalue weighted by Crippen LogP contribution is -2.11. The van der Waals surface area contributed by atoms with Gasteiger partial charge in [-0.2, -0.15) is 0 Å². The van der Waals surface area contributed by atoms with Crippen molar-refractivity contribution in [3.8, 4) is 5.75 Å². The third-order valence-electron chi connectivity index (χ3n) is 2.82. The first kappa shape index (κ1) is 16.2. The van der Waals surface area contributed by atoms with Crippen LogP contribution >= 0.6 is 12.4 Å². The first-order valence-electron chi connectivity index (χ1n) is 5.79. The summed E-state index contributed by atoms with van der Waals surface area (Å²) in [6, 6.07) is 6.23. The van der Waals surface area contributed by atoms with Crippen molar-refractivity contribution in [2.75, 3.05) is 13.7 Å². The number of benzene rings is 1. The molecule has 1 aromatic rings. The Balaban J connectivity index is 0.00000256. The first-order valence-corrected chi connectivity index (χ1v) is 5.79. The van der Waals surface area contributed by atoms with E-state index >= 15 is 0 Å². The van der Waals surface area contributed by atoms with Crippen LogP contribution in [0.5, 0.6) is 5.75 Å². The molecule has 0 heterocycles. The first-order chi connectivity index (χ1) is 7.69. The topological polar surface area (TPSA) is 61.3 Å². The van der Waals surface area contributed by atoms with Crippen LogP contribution in [0.25, 0.3) is 0 Å². The number of halogens is 1. The Kier molecular flexibility index (Phi) is 7.96. The zero-order valence-corrected chi connectivity index (χ0v) is 11.4. The van der Waals surface area contributed by atoms with Gasteiger partial charge in [-0.05, 0) is 43.5 Å². The quantitative estimate of drug-likeness (QED) is 0.771. The van der Waals surface area contributed by atoms with Gasteiger partial charge in [0.15, 0.2) is 0 Å². The molecule has 0 aliphatic carbocycles. The van der Waals surface area contributed by atoms with Crippen molar-refractivity contribution in [3.05, 3.63) is 29.3 Å². The molecule has 3 nitrogen and oxygen atoms in total. The summed E-state index contributed by atoms with van der Waals surface area (Å²) in [5.74, 6) is 0.915. The highest BCUT2D eigenvalue weighted by molar-refractivity contribution is 5.85. The zero-order chi connectivity index (χ0) is 12.0. The molecule has 0 aliphatic rings. The summed E-state index contributed by atoms with van der Waals surface area (Å²) >= 11 is 0. The predicted molar refractivity (Wildman–Crippen MR) is 74.8 cm³/mol. The minimum Gasteiger partial charge on any atom is -0.496 e. The van der Waals surface area contributed by atoms with E-state index in [9.17, 15) is 0 Å². The second-order valence-electron chi connectivity index (χ2n) is 4.12. The van der Waals surface area contributed by atoms with Gasteiger partial charge in [0.25, 0.3) is 0 Å². The average Bonchev–Trinajstić information content (AvgIpc) is 2.29. The molecule has 0 aliphatic heterocycles. The number of rotatable bonds is 6. The molecule has 0 fully saturated rings. The number of aryl methyl sites for hydroxylation is 1. The Morgan fingerprint density at radius 1 is 1.29 bits per heavy atom. The van der Waals surface area contributed by atoms with E-state index in [-0.39, 0.29) is 18.4 Å². The van der Waals surface area contributed by atoms with Gasteiger partial charge >= 0.3 is 0 Å². The van der Waals surface area contributed by atoms with E-state index in [4.69, 9.17) is 16.2 Å². The van der Waals surface area contributed by atoms with Crippen LogP contribution in [0, 0.1) is 6.92 Å². The van der Waals surface area contributed by atoms with Gasteiger partial charge < -0.3 is 16.2 Å². The summed E-state index contributed by atoms with van der Waals surface area (Å²) < 4.78 is 5.22. The van der Waals surface area contributed by atoms with Crippen molar-refractivity contribution in [2.24, 2.45) is 11.5 Å². The normalized spacial score (nSPS) is 11.8. The van der Waals surface area contributed by atoms with Crippen molar-refractivity contribution in [1.82, 2.24) is 0 Å². The third-order valence-corrected chi connectivity index (χ3v) is 2.82. The molecule has 0 saturated heterocycles. The molecule has 17 heavy (non-hydrogen) atoms. The van der Waals surface area contributed by atoms with Gasteiger partial charge in [0, 0.05) is 6.04 Å². The van der Waals surface area contributed by atoms with Gasteiger partial charge in [-0.3, -0.25) is 0 Å². The highest BCUT2D eigenvalue weighted by Gasteiger charge is 2.07. The molecule has 4 N–H and O–H groups in total. The van der Waals surface area contributed by atoms with Crippen molar-refractivity contribution in [2.45, 2.75) is 32.2 Å². The number of hydrogen-bond acceptors (Lipinski definition) is 3. The molecule has 0 spiro atoms. The lowest BCUT2D eigenvalue weighted by atomic mass is 10.00. The van der Waals surface area contributed by atoms with Crippen LogP contribution in [0.15, 0.2) is 18.2 Å². The molecule has 0 amide bonds. The largest absolute Gasteiger partial charge is 0.496 e. The van der Waals surface area contributed by atoms with E-state index in [0.29, 0.717) is 0 Å². The summed E-state index contributed by atoms with van der Waals surface area (Å²) in [5.41, 5.74) is 13.9. The maximum Gasteiger partial charge on any atom is 0.121 e. The summed E-state index contributed by atoms with van der Waals surface area (Å²) in [6.45, 7) is 2.78. The molecule has 0 bridgehead atoms. The third kappa shape index (κ3) is 4.94. The highest BCUT2D eigenvalue weighted by atomic mass is 35.5. The number of ether oxygens (including phenoxy) is 1. The van der Waals surface area contributed by atoms with E-state index in [1.165, 1.54) is 5.56 Å². The Morgan fingerprint density at radius 2 is 2.00 bits per heavy atom. The number of hydrogen-bond donors (Lipinski definition) is 2. The lowest BCUT2D eigenvalue weighted by molar-refractivity contribution is 0.411. The van der Waals surface area contributed by atoms with Crippen molar-refractivity contribution in [1.29, 1.82) is 0 Å². The number of methoxy groups -OCH3 is 1. The van der Waals surface area contributed by atoms with E-state index in [1.807, 2.05) is 19.1 Å². The second-order valence-corrected chi connectivity index (χ2v) is 4.12. The van der Waals surface area contributed by atoms with Gasteiger partial charge in [-0.15, -0.1) is 12.4 Å². The second kappa shape index (κ2) is 8.34. The molecule has 0 saturated carbocycles. The number of nitrogens with two attached hydrogens (primary N) is 2. The van der Waals surface area contributed by atoms with Crippen LogP contribution in [-0.4, -0.2) is 13.7 Å². The number of unbranched alkanes of at least 4 members (excludes halogenated alkanes) is 1. The van der Waals surface area contributed by atoms with Crippen LogP contribution in [0.3, 0.4) is 0 Å². The summed E-state index contributed by atoms with van der Waals surface area (Å²) in [4.78, 5) is 0. The maximum atomic E-state index is 6.11. The summed E-state index contributed by atoms with van der Waals surface area (Å²) in [5, 5.41) is 0. The highest BCUT2D eigenvalue weighted by Crippen LogP contribution is 2.23. The van der Waals surface area contributed by atoms with Crippen LogP contribution in [0.4, 0.5) is 0 Å².